The van der Waals surface area contributed by atoms with Crippen LogP contribution in [0.5, 0.6) is 0 Å². The van der Waals surface area contributed by atoms with E-state index in [1.54, 1.807) is 18.2 Å². The number of imide groups is 1. The van der Waals surface area contributed by atoms with Crippen LogP contribution in [-0.4, -0.2) is 17.8 Å². The van der Waals surface area contributed by atoms with Gasteiger partial charge in [-0.2, -0.15) is 0 Å². The van der Waals surface area contributed by atoms with Crippen LogP contribution in [0.3, 0.4) is 0 Å². The second-order valence-electron chi connectivity index (χ2n) is 5.14. The first-order valence-electron chi connectivity index (χ1n) is 7.35. The molecule has 1 aromatic carbocycles. The lowest BCUT2D eigenvalue weighted by atomic mass is 10.1. The van der Waals surface area contributed by atoms with Gasteiger partial charge in [0, 0.05) is 22.9 Å². The molecule has 6 heteroatoms. The summed E-state index contributed by atoms with van der Waals surface area (Å²) in [5.41, 5.74) is 1.05. The zero-order chi connectivity index (χ0) is 16.3. The van der Waals surface area contributed by atoms with Crippen LogP contribution in [-0.2, 0) is 19.1 Å². The van der Waals surface area contributed by atoms with Gasteiger partial charge in [0.2, 0.25) is 12.0 Å². The number of anilines is 1. The topological polar surface area (TPSA) is 63.7 Å². The van der Waals surface area contributed by atoms with Gasteiger partial charge in [-0.1, -0.05) is 29.8 Å². The third kappa shape index (κ3) is 3.21. The quantitative estimate of drug-likeness (QED) is 0.747. The Morgan fingerprint density at radius 1 is 1.23 bits per heavy atom. The molecule has 0 radical (unpaired) electrons. The van der Waals surface area contributed by atoms with Gasteiger partial charge >= 0.3 is 5.97 Å². The molecule has 0 saturated heterocycles. The molecule has 1 aliphatic rings. The number of fused-ring (bicyclic) bond motifs is 1. The zero-order valence-electron chi connectivity index (χ0n) is 12.6. The highest BCUT2D eigenvalue weighted by atomic mass is 79.9. The van der Waals surface area contributed by atoms with Gasteiger partial charge in [0.05, 0.1) is 5.69 Å². The van der Waals surface area contributed by atoms with Crippen molar-refractivity contribution in [3.05, 3.63) is 28.2 Å². The number of hydrogen-bond acceptors (Lipinski definition) is 4. The maximum absolute atomic E-state index is 12.5. The number of halogens is 1. The lowest BCUT2D eigenvalue weighted by molar-refractivity contribution is -0.155. The molecule has 1 aromatic rings. The van der Waals surface area contributed by atoms with Gasteiger partial charge in [-0.05, 0) is 31.0 Å². The van der Waals surface area contributed by atoms with Crippen LogP contribution >= 0.6 is 15.9 Å². The van der Waals surface area contributed by atoms with E-state index in [1.165, 1.54) is 0 Å². The first-order valence-corrected chi connectivity index (χ1v) is 8.14. The Bertz CT molecular complexity index is 614. The first-order chi connectivity index (χ1) is 10.5. The number of nitrogens with zero attached hydrogens (tertiary/aromatic N) is 1. The number of benzene rings is 1. The fourth-order valence-electron chi connectivity index (χ4n) is 2.40. The van der Waals surface area contributed by atoms with Crippen LogP contribution in [0.4, 0.5) is 5.69 Å². The Balaban J connectivity index is 2.37. The van der Waals surface area contributed by atoms with Crippen molar-refractivity contribution in [1.29, 1.82) is 0 Å². The van der Waals surface area contributed by atoms with Crippen molar-refractivity contribution in [2.45, 2.75) is 45.6 Å². The second kappa shape index (κ2) is 7.05. The van der Waals surface area contributed by atoms with Crippen molar-refractivity contribution in [3.63, 3.8) is 0 Å². The molecule has 1 heterocycles. The summed E-state index contributed by atoms with van der Waals surface area (Å²) in [5.74, 6) is -1.20. The van der Waals surface area contributed by atoms with E-state index in [9.17, 15) is 14.4 Å². The van der Waals surface area contributed by atoms with Crippen LogP contribution in [0.2, 0.25) is 0 Å². The minimum Gasteiger partial charge on any atom is -0.447 e. The number of esters is 1. The Morgan fingerprint density at radius 2 is 1.91 bits per heavy atom. The summed E-state index contributed by atoms with van der Waals surface area (Å²) >= 11 is 3.34. The van der Waals surface area contributed by atoms with Crippen molar-refractivity contribution in [2.24, 2.45) is 0 Å². The van der Waals surface area contributed by atoms with Gasteiger partial charge in [-0.25, -0.2) is 4.90 Å². The number of amides is 2. The largest absolute Gasteiger partial charge is 0.447 e. The van der Waals surface area contributed by atoms with Crippen molar-refractivity contribution in [1.82, 2.24) is 0 Å². The normalized spacial score (nSPS) is 16.6. The summed E-state index contributed by atoms with van der Waals surface area (Å²) in [7, 11) is 0. The molecule has 0 spiro atoms. The van der Waals surface area contributed by atoms with E-state index < -0.39 is 18.0 Å². The van der Waals surface area contributed by atoms with Crippen molar-refractivity contribution in [3.8, 4) is 0 Å². The minimum absolute atomic E-state index is 0.246. The first kappa shape index (κ1) is 16.7. The summed E-state index contributed by atoms with van der Waals surface area (Å²) in [5, 5.41) is 0. The van der Waals surface area contributed by atoms with Gasteiger partial charge < -0.3 is 4.74 Å². The lowest BCUT2D eigenvalue weighted by Gasteiger charge is -2.15. The molecular weight excluding hydrogens is 350 g/mol. The molecular formula is C16H18BrNO4. The fourth-order valence-corrected chi connectivity index (χ4v) is 2.78. The van der Waals surface area contributed by atoms with Gasteiger partial charge in [0.25, 0.3) is 5.91 Å². The minimum atomic E-state index is -1.03. The predicted octanol–water partition coefficient (Wildman–Crippen LogP) is 3.51. The molecule has 0 bridgehead atoms. The summed E-state index contributed by atoms with van der Waals surface area (Å²) in [6.45, 7) is 3.74. The molecule has 1 unspecified atom stereocenters. The standard InChI is InChI=1S/C16H18BrNO4/c1-3-5-13(19)18-12-8-7-10(17)9-11(12)15(16(18)21)22-14(20)6-4-2/h7-9,15H,3-6H2,1-2H3. The summed E-state index contributed by atoms with van der Waals surface area (Å²) < 4.78 is 6.07. The lowest BCUT2D eigenvalue weighted by Crippen LogP contribution is -2.35. The van der Waals surface area contributed by atoms with Gasteiger partial charge in [0.1, 0.15) is 0 Å². The van der Waals surface area contributed by atoms with Crippen LogP contribution in [0.1, 0.15) is 51.2 Å². The smallest absolute Gasteiger partial charge is 0.306 e. The Kier molecular flexibility index (Phi) is 5.34. The SMILES string of the molecule is CCCC(=O)OC1C(=O)N(C(=O)CCC)c2ccc(Br)cc21. The summed E-state index contributed by atoms with van der Waals surface area (Å²) in [6, 6.07) is 5.17. The number of carbonyl (C=O) groups excluding carboxylic acids is 3. The van der Waals surface area contributed by atoms with E-state index in [4.69, 9.17) is 4.74 Å². The molecule has 22 heavy (non-hydrogen) atoms. The van der Waals surface area contributed by atoms with Crippen molar-refractivity contribution in [2.75, 3.05) is 4.90 Å². The molecule has 118 valence electrons. The Labute approximate surface area is 137 Å². The number of carbonyl (C=O) groups is 3. The van der Waals surface area contributed by atoms with Gasteiger partial charge in [-0.3, -0.25) is 14.4 Å². The van der Waals surface area contributed by atoms with Gasteiger partial charge in [0.15, 0.2) is 0 Å². The summed E-state index contributed by atoms with van der Waals surface area (Å²) in [6.07, 6.45) is 0.776. The molecule has 2 rings (SSSR count). The molecule has 0 aliphatic carbocycles. The van der Waals surface area contributed by atoms with E-state index in [-0.39, 0.29) is 18.7 Å². The molecule has 0 N–H and O–H groups in total. The molecule has 2 amide bonds. The van der Waals surface area contributed by atoms with E-state index in [0.717, 1.165) is 9.37 Å². The zero-order valence-corrected chi connectivity index (χ0v) is 14.2. The van der Waals surface area contributed by atoms with Crippen LogP contribution < -0.4 is 4.90 Å². The van der Waals surface area contributed by atoms with Crippen LogP contribution in [0.25, 0.3) is 0 Å². The molecule has 1 atom stereocenters. The molecule has 0 aromatic heterocycles. The van der Waals surface area contributed by atoms with Crippen molar-refractivity contribution < 1.29 is 19.1 Å². The number of ether oxygens (including phenoxy) is 1. The van der Waals surface area contributed by atoms with Gasteiger partial charge in [-0.15, -0.1) is 0 Å². The molecule has 1 aliphatic heterocycles. The van der Waals surface area contributed by atoms with E-state index in [1.807, 2.05) is 13.8 Å². The fraction of sp³-hybridized carbons (Fsp3) is 0.438. The highest BCUT2D eigenvalue weighted by molar-refractivity contribution is 9.10. The van der Waals surface area contributed by atoms with E-state index >= 15 is 0 Å². The number of hydrogen-bond donors (Lipinski definition) is 0. The third-order valence-electron chi connectivity index (χ3n) is 3.37. The summed E-state index contributed by atoms with van der Waals surface area (Å²) in [4.78, 5) is 37.6. The maximum atomic E-state index is 12.5. The van der Waals surface area contributed by atoms with Crippen molar-refractivity contribution >= 4 is 39.4 Å². The highest BCUT2D eigenvalue weighted by Crippen LogP contribution is 2.40. The number of rotatable bonds is 5. The third-order valence-corrected chi connectivity index (χ3v) is 3.87. The predicted molar refractivity (Wildman–Crippen MR) is 85.3 cm³/mol. The average Bonchev–Trinajstić information content (AvgIpc) is 2.72. The van der Waals surface area contributed by atoms with E-state index in [2.05, 4.69) is 15.9 Å². The molecule has 5 nitrogen and oxygen atoms in total. The maximum Gasteiger partial charge on any atom is 0.306 e. The van der Waals surface area contributed by atoms with E-state index in [0.29, 0.717) is 24.1 Å². The Morgan fingerprint density at radius 3 is 2.55 bits per heavy atom. The Hall–Kier alpha value is -1.69. The molecule has 0 fully saturated rings. The average molecular weight is 368 g/mol. The monoisotopic (exact) mass is 367 g/mol. The molecule has 0 saturated carbocycles. The highest BCUT2D eigenvalue weighted by Gasteiger charge is 2.42. The van der Waals surface area contributed by atoms with Crippen LogP contribution in [0, 0.1) is 0 Å². The van der Waals surface area contributed by atoms with Crippen LogP contribution in [0.15, 0.2) is 22.7 Å². The second-order valence-corrected chi connectivity index (χ2v) is 6.06.